The monoisotopic (exact) mass is 1800 g/mol. The number of hydrogen-bond donors (Lipinski definition) is 1. The molecule has 4 heterocycles. The van der Waals surface area contributed by atoms with Crippen LogP contribution in [0.15, 0.2) is 72.8 Å². The quantitative estimate of drug-likeness (QED) is 0.0847. The molecule has 12 atom stereocenters. The summed E-state index contributed by atoms with van der Waals surface area (Å²) in [7, 11) is 10.9. The molecule has 105 heavy (non-hydrogen) atoms. The number of phenolic OH excluding ortho intramolecular Hbond substituents is 1. The molecule has 578 valence electrons. The summed E-state index contributed by atoms with van der Waals surface area (Å²) in [5.74, 6) is 5.82. The zero-order chi connectivity index (χ0) is 74.2. The minimum Gasteiger partial charge on any atom is -1.00 e. The van der Waals surface area contributed by atoms with Gasteiger partial charge in [-0.25, -0.2) is 14.4 Å². The van der Waals surface area contributed by atoms with Gasteiger partial charge in [-0.2, -0.15) is 0 Å². The van der Waals surface area contributed by atoms with Crippen LogP contribution in [-0.2, 0) is 66.3 Å². The van der Waals surface area contributed by atoms with Crippen LogP contribution in [0.2, 0.25) is 0 Å². The van der Waals surface area contributed by atoms with Crippen molar-refractivity contribution in [2.75, 3.05) is 98.9 Å². The number of likely N-dealkylation sites (N-methyl/N-ethyl adjacent to an activating group) is 1. The molecule has 1 N–H and O–H groups in total. The molecule has 0 unspecified atom stereocenters. The molecule has 4 saturated carbocycles. The first-order valence-corrected chi connectivity index (χ1v) is 44.0. The second-order valence-electron chi connectivity index (χ2n) is 29.9. The fraction of sp³-hybridized carbons (Fsp3) is 0.667. The summed E-state index contributed by atoms with van der Waals surface area (Å²) >= 11 is 21.0. The third-order valence-corrected chi connectivity index (χ3v) is 25.7. The van der Waals surface area contributed by atoms with Crippen molar-refractivity contribution < 1.29 is 72.9 Å². The maximum atomic E-state index is 12.5. The normalized spacial score (nSPS) is 28.7. The van der Waals surface area contributed by atoms with Gasteiger partial charge in [0.2, 0.25) is 0 Å². The zero-order valence-electron chi connectivity index (χ0n) is 64.8. The van der Waals surface area contributed by atoms with Crippen LogP contribution in [0.25, 0.3) is 0 Å². The Morgan fingerprint density at radius 2 is 0.733 bits per heavy atom. The number of piperidine rings is 4. The van der Waals surface area contributed by atoms with Gasteiger partial charge in [-0.05, 0) is 259 Å². The number of carbonyl (C=O) groups excluding carboxylic acids is 3. The van der Waals surface area contributed by atoms with Gasteiger partial charge in [-0.15, -0.1) is 70.5 Å². The van der Waals surface area contributed by atoms with Gasteiger partial charge in [0.25, 0.3) is 0 Å². The van der Waals surface area contributed by atoms with Crippen molar-refractivity contribution in [3.05, 3.63) is 117 Å². The van der Waals surface area contributed by atoms with Gasteiger partial charge < -0.3 is 59.3 Å². The number of halogens is 6. The number of carbonyl (C=O) groups is 3. The van der Waals surface area contributed by atoms with E-state index in [2.05, 4.69) is 147 Å². The summed E-state index contributed by atoms with van der Waals surface area (Å²) in [6.45, 7) is 10.6. The molecule has 15 nitrogen and oxygen atoms in total. The van der Waals surface area contributed by atoms with Crippen LogP contribution in [0.4, 0.5) is 14.4 Å². The number of ether oxygens (including phenoxy) is 7. The molecule has 8 bridgehead atoms. The molecular weight excluding hydrogens is 1690 g/mol. The number of amides is 3. The van der Waals surface area contributed by atoms with E-state index >= 15 is 0 Å². The van der Waals surface area contributed by atoms with Gasteiger partial charge in [0.1, 0.15) is 23.0 Å². The maximum absolute atomic E-state index is 12.5. The smallest absolute Gasteiger partial charge is 1.00 e. The molecule has 4 saturated heterocycles. The number of rotatable bonds is 6. The van der Waals surface area contributed by atoms with Crippen LogP contribution in [0.1, 0.15) is 195 Å². The third kappa shape index (κ3) is 19.4. The van der Waals surface area contributed by atoms with Gasteiger partial charge in [-0.3, -0.25) is 0 Å². The first-order chi connectivity index (χ1) is 49.8. The Balaban J connectivity index is 0.000000209. The molecule has 4 aromatic rings. The largest absolute Gasteiger partial charge is 1.00 e. The Hall–Kier alpha value is -2.25. The first-order valence-electron chi connectivity index (χ1n) is 38.0. The molecule has 0 aromatic heterocycles. The number of likely N-dealkylation sites (tertiary alicyclic amines) is 4. The predicted octanol–water partition coefficient (Wildman–Crippen LogP) is 15.6. The Morgan fingerprint density at radius 3 is 1.02 bits per heavy atom. The fourth-order valence-electron chi connectivity index (χ4n) is 21.8. The van der Waals surface area contributed by atoms with Crippen molar-refractivity contribution in [2.24, 2.45) is 23.7 Å². The third-order valence-electron chi connectivity index (χ3n) is 25.7. The second kappa shape index (κ2) is 42.0. The number of alkyl halides is 3. The summed E-state index contributed by atoms with van der Waals surface area (Å²) in [6, 6.07) is 27.3. The maximum Gasteiger partial charge on any atom is 1.00 e. The van der Waals surface area contributed by atoms with E-state index in [1.54, 1.807) is 52.7 Å². The van der Waals surface area contributed by atoms with E-state index in [0.717, 1.165) is 87.4 Å². The number of hydrogen-bond acceptors (Lipinski definition) is 12. The van der Waals surface area contributed by atoms with Crippen molar-refractivity contribution >= 4 is 132 Å². The number of fused-ring (bicyclic) bond motifs is 4. The van der Waals surface area contributed by atoms with Crippen LogP contribution >= 0.6 is 93.1 Å². The summed E-state index contributed by atoms with van der Waals surface area (Å²) in [6.07, 6.45) is 28.6. The van der Waals surface area contributed by atoms with Crippen LogP contribution < -0.4 is 33.1 Å². The molecule has 4 aliphatic heterocycles. The van der Waals surface area contributed by atoms with Crippen LogP contribution in [-0.4, -0.2) is 187 Å². The average Bonchev–Trinajstić information content (AvgIpc) is 0.737. The summed E-state index contributed by atoms with van der Waals surface area (Å²) in [5, 5.41) is 10.2. The topological polar surface area (TPSA) is 149 Å². The van der Waals surface area contributed by atoms with Gasteiger partial charge in [-0.1, -0.05) is 98.2 Å². The Morgan fingerprint density at radius 1 is 0.476 bits per heavy atom. The van der Waals surface area contributed by atoms with E-state index < -0.39 is 0 Å². The number of nitrogens with zero attached hydrogens (tertiary/aromatic N) is 4. The minimum absolute atomic E-state index is 0. The number of benzene rings is 4. The van der Waals surface area contributed by atoms with E-state index in [9.17, 15) is 19.5 Å². The fourth-order valence-corrected chi connectivity index (χ4v) is 21.8. The second-order valence-corrected chi connectivity index (χ2v) is 37.2. The van der Waals surface area contributed by atoms with E-state index in [4.69, 9.17) is 51.6 Å². The number of aromatic hydroxyl groups is 1. The van der Waals surface area contributed by atoms with E-state index in [-0.39, 0.29) is 86.7 Å². The molecule has 3 amide bonds. The Bertz CT molecular complexity index is 3350. The van der Waals surface area contributed by atoms with Gasteiger partial charge >= 0.3 is 40.3 Å². The molecule has 4 aromatic carbocycles. The molecule has 0 spiro atoms. The van der Waals surface area contributed by atoms with Crippen molar-refractivity contribution in [1.82, 2.24) is 19.6 Å². The van der Waals surface area contributed by atoms with Crippen molar-refractivity contribution in [3.63, 3.8) is 0 Å². The van der Waals surface area contributed by atoms with E-state index in [0.29, 0.717) is 60.8 Å². The van der Waals surface area contributed by atoms with Crippen molar-refractivity contribution in [3.8, 4) is 23.0 Å². The Labute approximate surface area is 701 Å². The molecule has 0 radical (unpaired) electrons. The standard InChI is InChI=1S/2C20H27NO3.C19H25NO3.C18H25NO.C2H6O.CH2Cl2.CH3I.Al.BBr3.Li.4H/c2*1-3-24-19(22)21-11-10-20-9-5-4-6-16(20)18(21)12-14-7-8-15(23-2)13-17(14)20;1-2-23-18(22)20-10-9-19-8-4-3-5-15(19)17(20)11-13-6-7-14(21)12-16(13)19;1-19-10-9-18-8-4-3-5-15(18)17(19)11-13-6-7-14(20-2)12-16(13)18;1-3-2;2-1-3;1-2;;2-1(3)4;;;;;/h2*7-8,13,16,18H,3-6,9-12H2,1-2H3;6-7,12,15,17,21H,2-5,8-11H2,1H3;6-7,12,15,17H,3-5,8-11H2,1-2H3;1-2H3;1H2;1H3;;;;;;;/q;;;;;;;;;+1;;;;-1/t2*16-,18+,20+;15-,17+,19+;15-,17+,18+;;;;;;;;;;/m1111........../s1. The molecule has 12 aliphatic rings. The first kappa shape index (κ1) is 90.0. The van der Waals surface area contributed by atoms with Crippen molar-refractivity contribution in [2.45, 2.75) is 221 Å². The van der Waals surface area contributed by atoms with Crippen LogP contribution in [0.3, 0.4) is 0 Å². The molecular formula is C81H119AlBBr3Cl2ILiN4O11. The van der Waals surface area contributed by atoms with Crippen LogP contribution in [0.5, 0.6) is 23.0 Å². The minimum atomic E-state index is -0.154. The van der Waals surface area contributed by atoms with Gasteiger partial charge in [0.05, 0.1) is 46.5 Å². The van der Waals surface area contributed by atoms with E-state index in [1.165, 1.54) is 156 Å². The SMILES string of the molecule is BrB(Br)Br.CCOC(=O)N1CC[C@@]23CCCC[C@@H]2[C@@H]1Cc1ccc(O)cc13.CCOC(=O)N1CC[C@@]23CCCC[C@@H]2[C@@H]1Cc1ccc(OC)cc13.CCOC(=O)N1CC[C@@]23CCCC[C@@H]2[C@@H]1Cc1ccc(OC)cc13.CI.COC.COc1ccc2c(c1)[C@]13CCCC[C@@H]1[C@H](C2)N(C)CC3.ClCCl.[AlH3].[H-].[Li+]. The molecule has 8 aliphatic carbocycles. The summed E-state index contributed by atoms with van der Waals surface area (Å²) in [4.78, 5) is 47.9. The van der Waals surface area contributed by atoms with E-state index in [1.807, 2.05) is 46.5 Å². The molecule has 16 rings (SSSR count). The van der Waals surface area contributed by atoms with Crippen LogP contribution in [0, 0.1) is 23.7 Å². The van der Waals surface area contributed by atoms with Gasteiger partial charge in [0, 0.05) is 79.7 Å². The molecule has 8 fully saturated rings. The molecule has 24 heteroatoms. The predicted molar refractivity (Wildman–Crippen MR) is 447 cm³/mol. The average molecular weight is 1810 g/mol. The summed E-state index contributed by atoms with van der Waals surface area (Å²) in [5.41, 5.74) is 12.7. The number of methoxy groups -OCH3 is 4. The van der Waals surface area contributed by atoms with Gasteiger partial charge in [0.15, 0.2) is 17.4 Å². The summed E-state index contributed by atoms with van der Waals surface area (Å²) < 4.78 is 37.0. The zero-order valence-corrected chi connectivity index (χ0v) is 72.3. The number of phenols is 1. The Kier molecular flexibility index (Phi) is 36.0. The van der Waals surface area contributed by atoms with Crippen molar-refractivity contribution in [1.29, 1.82) is 0 Å².